The van der Waals surface area contributed by atoms with Crippen LogP contribution in [0, 0.1) is 5.82 Å². The predicted octanol–water partition coefficient (Wildman–Crippen LogP) is 9.35. The molecule has 0 atom stereocenters. The first kappa shape index (κ1) is 36.6. The van der Waals surface area contributed by atoms with E-state index in [-0.39, 0.29) is 17.5 Å². The molecule has 1 aliphatic heterocycles. The topological polar surface area (TPSA) is 64.1 Å². The van der Waals surface area contributed by atoms with Crippen LogP contribution in [0.25, 0.3) is 6.08 Å². The molecule has 9 heteroatoms. The summed E-state index contributed by atoms with van der Waals surface area (Å²) in [6.07, 6.45) is 5.48. The molecule has 5 aromatic rings. The van der Waals surface area contributed by atoms with Crippen LogP contribution in [0.15, 0.2) is 115 Å². The van der Waals surface area contributed by atoms with E-state index in [4.69, 9.17) is 25.8 Å². The molecule has 7 nitrogen and oxygen atoms in total. The summed E-state index contributed by atoms with van der Waals surface area (Å²) in [5.74, 6) is 1.55. The van der Waals surface area contributed by atoms with Crippen LogP contribution in [-0.4, -0.2) is 53.5 Å². The Bertz CT molecular complexity index is 1940. The zero-order chi connectivity index (χ0) is 36.3. The van der Waals surface area contributed by atoms with Crippen molar-refractivity contribution in [2.45, 2.75) is 39.3 Å². The molecule has 0 aliphatic carbocycles. The Labute approximate surface area is 310 Å². The standard InChI is InChI=1S/C43H43ClFN3O4/c1-31(2)35-13-15-37(16-14-35)50-26-21-32-7-9-34(10-8-32)29-47-22-24-48(25-23-47)43(49)20-12-33-11-18-41(40(45)27-33)52-42-19-17-38(28-46-42)51-30-36-5-3-4-6-39(36)44/h3-20,27-28,31H,21-26,29-30H2,1-2H3/b20-12+. The molecule has 1 amide bonds. The number of hydrogen-bond acceptors (Lipinski definition) is 6. The number of piperazine rings is 1. The van der Waals surface area contributed by atoms with Gasteiger partial charge in [-0.25, -0.2) is 9.37 Å². The first-order chi connectivity index (χ1) is 25.3. The van der Waals surface area contributed by atoms with Gasteiger partial charge in [0.15, 0.2) is 11.6 Å². The second-order valence-electron chi connectivity index (χ2n) is 13.1. The van der Waals surface area contributed by atoms with E-state index in [1.165, 1.54) is 41.1 Å². The average Bonchev–Trinajstić information content (AvgIpc) is 3.16. The minimum absolute atomic E-state index is 0.0312. The molecule has 1 saturated heterocycles. The molecular weight excluding hydrogens is 677 g/mol. The smallest absolute Gasteiger partial charge is 0.246 e. The predicted molar refractivity (Wildman–Crippen MR) is 204 cm³/mol. The van der Waals surface area contributed by atoms with Gasteiger partial charge < -0.3 is 19.1 Å². The SMILES string of the molecule is CC(C)c1ccc(OCCc2ccc(CN3CCN(C(=O)/C=C/c4ccc(Oc5ccc(OCc6ccccc6Cl)cn5)c(F)c4)CC3)cc2)cc1. The molecule has 4 aromatic carbocycles. The van der Waals surface area contributed by atoms with E-state index in [9.17, 15) is 9.18 Å². The number of pyridine rings is 1. The summed E-state index contributed by atoms with van der Waals surface area (Å²) in [6, 6.07) is 32.3. The number of benzene rings is 4. The summed E-state index contributed by atoms with van der Waals surface area (Å²) in [5, 5.41) is 0.627. The van der Waals surface area contributed by atoms with Crippen molar-refractivity contribution >= 4 is 23.6 Å². The van der Waals surface area contributed by atoms with E-state index in [0.717, 1.165) is 37.4 Å². The summed E-state index contributed by atoms with van der Waals surface area (Å²) in [5.41, 5.74) is 5.22. The Morgan fingerprint density at radius 1 is 0.865 bits per heavy atom. The lowest BCUT2D eigenvalue weighted by Crippen LogP contribution is -2.47. The summed E-state index contributed by atoms with van der Waals surface area (Å²) >= 11 is 6.18. The van der Waals surface area contributed by atoms with Crippen molar-refractivity contribution in [2.24, 2.45) is 0 Å². The van der Waals surface area contributed by atoms with E-state index < -0.39 is 5.82 Å². The van der Waals surface area contributed by atoms with Crippen LogP contribution in [0.5, 0.6) is 23.1 Å². The Hall–Kier alpha value is -5.18. The number of rotatable bonds is 14. The summed E-state index contributed by atoms with van der Waals surface area (Å²) in [6.45, 7) is 8.98. The maximum absolute atomic E-state index is 14.9. The van der Waals surface area contributed by atoms with Crippen LogP contribution >= 0.6 is 11.6 Å². The minimum Gasteiger partial charge on any atom is -0.493 e. The van der Waals surface area contributed by atoms with Crippen molar-refractivity contribution in [2.75, 3.05) is 32.8 Å². The maximum Gasteiger partial charge on any atom is 0.246 e. The van der Waals surface area contributed by atoms with Crippen LogP contribution in [0.4, 0.5) is 4.39 Å². The van der Waals surface area contributed by atoms with Crippen molar-refractivity contribution in [1.29, 1.82) is 0 Å². The fourth-order valence-corrected chi connectivity index (χ4v) is 6.00. The quantitative estimate of drug-likeness (QED) is 0.107. The van der Waals surface area contributed by atoms with Crippen LogP contribution in [-0.2, 0) is 24.4 Å². The lowest BCUT2D eigenvalue weighted by Gasteiger charge is -2.34. The molecule has 6 rings (SSSR count). The minimum atomic E-state index is -0.558. The van der Waals surface area contributed by atoms with Crippen LogP contribution in [0.3, 0.4) is 0 Å². The van der Waals surface area contributed by atoms with Crippen molar-refractivity contribution in [1.82, 2.24) is 14.8 Å². The first-order valence-electron chi connectivity index (χ1n) is 17.6. The second kappa shape index (κ2) is 17.8. The number of nitrogens with zero attached hydrogens (tertiary/aromatic N) is 3. The Balaban J connectivity index is 0.905. The van der Waals surface area contributed by atoms with Gasteiger partial charge in [-0.2, -0.15) is 0 Å². The van der Waals surface area contributed by atoms with Crippen LogP contribution in [0.1, 0.15) is 47.6 Å². The highest BCUT2D eigenvalue weighted by molar-refractivity contribution is 6.31. The number of carbonyl (C=O) groups is 1. The Morgan fingerprint density at radius 3 is 2.29 bits per heavy atom. The lowest BCUT2D eigenvalue weighted by molar-refractivity contribution is -0.127. The second-order valence-corrected chi connectivity index (χ2v) is 13.5. The average molecular weight is 720 g/mol. The molecule has 0 spiro atoms. The third-order valence-electron chi connectivity index (χ3n) is 8.97. The largest absolute Gasteiger partial charge is 0.493 e. The third-order valence-corrected chi connectivity index (χ3v) is 9.34. The van der Waals surface area contributed by atoms with Gasteiger partial charge in [-0.15, -0.1) is 0 Å². The molecule has 1 aromatic heterocycles. The number of carbonyl (C=O) groups excluding carboxylic acids is 1. The van der Waals surface area contributed by atoms with Gasteiger partial charge in [0.1, 0.15) is 18.1 Å². The van der Waals surface area contributed by atoms with E-state index in [1.807, 2.05) is 35.2 Å². The zero-order valence-electron chi connectivity index (χ0n) is 29.5. The van der Waals surface area contributed by atoms with Gasteiger partial charge >= 0.3 is 0 Å². The van der Waals surface area contributed by atoms with Crippen molar-refractivity contribution in [3.8, 4) is 23.1 Å². The molecule has 0 N–H and O–H groups in total. The Kier molecular flexibility index (Phi) is 12.6. The van der Waals surface area contributed by atoms with E-state index in [0.29, 0.717) is 48.6 Å². The third kappa shape index (κ3) is 10.4. The van der Waals surface area contributed by atoms with Crippen LogP contribution in [0.2, 0.25) is 5.02 Å². The van der Waals surface area contributed by atoms with Gasteiger partial charge in [0.25, 0.3) is 0 Å². The van der Waals surface area contributed by atoms with Gasteiger partial charge in [0.05, 0.1) is 12.8 Å². The monoisotopic (exact) mass is 719 g/mol. The number of halogens is 2. The van der Waals surface area contributed by atoms with Crippen LogP contribution < -0.4 is 14.2 Å². The number of amides is 1. The zero-order valence-corrected chi connectivity index (χ0v) is 30.3. The highest BCUT2D eigenvalue weighted by atomic mass is 35.5. The normalized spacial score (nSPS) is 13.4. The highest BCUT2D eigenvalue weighted by Crippen LogP contribution is 2.26. The summed E-state index contributed by atoms with van der Waals surface area (Å²) in [4.78, 5) is 21.3. The fraction of sp³-hybridized carbons (Fsp3) is 0.256. The number of aromatic nitrogens is 1. The van der Waals surface area contributed by atoms with Crippen molar-refractivity contribution in [3.63, 3.8) is 0 Å². The van der Waals surface area contributed by atoms with Gasteiger partial charge in [-0.1, -0.05) is 86.1 Å². The van der Waals surface area contributed by atoms with Crippen molar-refractivity contribution in [3.05, 3.63) is 154 Å². The molecule has 268 valence electrons. The van der Waals surface area contributed by atoms with E-state index in [2.05, 4.69) is 60.1 Å². The lowest BCUT2D eigenvalue weighted by atomic mass is 10.0. The molecule has 0 radical (unpaired) electrons. The van der Waals surface area contributed by atoms with Gasteiger partial charge in [0.2, 0.25) is 11.8 Å². The summed E-state index contributed by atoms with van der Waals surface area (Å²) < 4.78 is 32.2. The van der Waals surface area contributed by atoms with Gasteiger partial charge in [0, 0.05) is 61.9 Å². The molecule has 2 heterocycles. The number of ether oxygens (including phenoxy) is 3. The molecule has 0 saturated carbocycles. The molecule has 1 fully saturated rings. The highest BCUT2D eigenvalue weighted by Gasteiger charge is 2.20. The Morgan fingerprint density at radius 2 is 1.60 bits per heavy atom. The van der Waals surface area contributed by atoms with Crippen molar-refractivity contribution < 1.29 is 23.4 Å². The fourth-order valence-electron chi connectivity index (χ4n) is 5.81. The van der Waals surface area contributed by atoms with E-state index >= 15 is 0 Å². The van der Waals surface area contributed by atoms with Gasteiger partial charge in [-0.05, 0) is 70.6 Å². The van der Waals surface area contributed by atoms with E-state index in [1.54, 1.807) is 30.3 Å². The molecular formula is C43H43ClFN3O4. The molecule has 1 aliphatic rings. The molecule has 0 bridgehead atoms. The summed E-state index contributed by atoms with van der Waals surface area (Å²) in [7, 11) is 0. The molecule has 52 heavy (non-hydrogen) atoms. The van der Waals surface area contributed by atoms with Gasteiger partial charge in [-0.3, -0.25) is 9.69 Å². The number of hydrogen-bond donors (Lipinski definition) is 0. The maximum atomic E-state index is 14.9. The first-order valence-corrected chi connectivity index (χ1v) is 18.0. The molecule has 0 unspecified atom stereocenters.